The second kappa shape index (κ2) is 4.91. The summed E-state index contributed by atoms with van der Waals surface area (Å²) in [6.45, 7) is 0. The smallest absolute Gasteiger partial charge is 0.203 e. The summed E-state index contributed by atoms with van der Waals surface area (Å²) < 4.78 is 128. The van der Waals surface area contributed by atoms with Crippen LogP contribution in [0.3, 0.4) is 0 Å². The maximum atomic E-state index is 12.0. The molecule has 0 aromatic rings. The first-order valence-electron chi connectivity index (χ1n) is 3.18. The van der Waals surface area contributed by atoms with E-state index >= 15 is 0 Å². The predicted molar refractivity (Wildman–Crippen MR) is 42.3 cm³/mol. The lowest BCUT2D eigenvalue weighted by Crippen LogP contribution is -2.63. The van der Waals surface area contributed by atoms with Crippen LogP contribution in [0.2, 0.25) is 0 Å². The number of alkyl halides is 11. The lowest BCUT2D eigenvalue weighted by molar-refractivity contribution is -0.408. The van der Waals surface area contributed by atoms with Crippen LogP contribution >= 0.6 is 24.0 Å². The van der Waals surface area contributed by atoms with E-state index in [1.54, 1.807) is 0 Å². The molecule has 12 heteroatoms. The van der Waals surface area contributed by atoms with Gasteiger partial charge in [-0.3, -0.25) is 0 Å². The largest absolute Gasteiger partial charge is 0.460 e. The highest BCUT2D eigenvalue weighted by molar-refractivity contribution is 14.0. The average Bonchev–Trinajstić information content (AvgIpc) is 2.00. The van der Waals surface area contributed by atoms with Crippen molar-refractivity contribution in [3.8, 4) is 0 Å². The van der Waals surface area contributed by atoms with Crippen LogP contribution in [-0.2, 0) is 0 Å². The Kier molecular flexibility index (Phi) is 5.58. The zero-order chi connectivity index (χ0) is 13.6. The van der Waals surface area contributed by atoms with Crippen molar-refractivity contribution in [2.24, 2.45) is 0 Å². The Morgan fingerprint density at radius 1 is 0.588 bits per heavy atom. The molecule has 0 saturated heterocycles. The molecule has 0 aliphatic rings. The van der Waals surface area contributed by atoms with Crippen molar-refractivity contribution in [1.82, 2.24) is 0 Å². The molecule has 0 bridgehead atoms. The fraction of sp³-hybridized carbons (Fsp3) is 1.00. The summed E-state index contributed by atoms with van der Waals surface area (Å²) in [5.74, 6) is -21.3. The molecular formula is C5H2F11I. The monoisotopic (exact) mass is 398 g/mol. The van der Waals surface area contributed by atoms with Gasteiger partial charge in [-0.1, -0.05) is 0 Å². The van der Waals surface area contributed by atoms with E-state index in [1.165, 1.54) is 0 Å². The molecule has 0 aliphatic carbocycles. The molecule has 0 unspecified atom stereocenters. The number of hydrogen-bond acceptors (Lipinski definition) is 0. The van der Waals surface area contributed by atoms with Crippen molar-refractivity contribution in [2.45, 2.75) is 30.4 Å². The van der Waals surface area contributed by atoms with Crippen LogP contribution in [0, 0.1) is 0 Å². The van der Waals surface area contributed by atoms with Crippen molar-refractivity contribution in [3.05, 3.63) is 0 Å². The summed E-state index contributed by atoms with van der Waals surface area (Å²) in [7, 11) is 0. The summed E-state index contributed by atoms with van der Waals surface area (Å²) in [5.41, 5.74) is 0. The van der Waals surface area contributed by atoms with Crippen molar-refractivity contribution in [2.75, 3.05) is 0 Å². The van der Waals surface area contributed by atoms with E-state index in [4.69, 9.17) is 0 Å². The molecule has 106 valence electrons. The molecule has 0 fully saturated rings. The van der Waals surface area contributed by atoms with Crippen LogP contribution in [0.25, 0.3) is 0 Å². The highest BCUT2D eigenvalue weighted by Crippen LogP contribution is 2.54. The molecule has 0 amide bonds. The molecule has 0 heterocycles. The average molecular weight is 398 g/mol. The number of rotatable bonds is 3. The van der Waals surface area contributed by atoms with Gasteiger partial charge in [-0.25, -0.2) is 8.78 Å². The van der Waals surface area contributed by atoms with E-state index in [1.807, 2.05) is 0 Å². The first-order chi connectivity index (χ1) is 6.69. The van der Waals surface area contributed by atoms with Gasteiger partial charge < -0.3 is 0 Å². The summed E-state index contributed by atoms with van der Waals surface area (Å²) >= 11 is 0. The normalized spacial score (nSPS) is 14.8. The Hall–Kier alpha value is -0.0400. The van der Waals surface area contributed by atoms with Crippen LogP contribution in [0.5, 0.6) is 0 Å². The molecule has 0 atom stereocenters. The molecule has 0 aliphatic heterocycles. The van der Waals surface area contributed by atoms with Crippen molar-refractivity contribution < 1.29 is 48.3 Å². The van der Waals surface area contributed by atoms with Gasteiger partial charge in [-0.15, -0.1) is 24.0 Å². The first kappa shape index (κ1) is 19.3. The van der Waals surface area contributed by atoms with Crippen LogP contribution < -0.4 is 0 Å². The summed E-state index contributed by atoms with van der Waals surface area (Å²) in [6.07, 6.45) is -12.4. The third kappa shape index (κ3) is 2.86. The Labute approximate surface area is 103 Å². The van der Waals surface area contributed by atoms with Crippen LogP contribution in [0.1, 0.15) is 0 Å². The quantitative estimate of drug-likeness (QED) is 0.491. The predicted octanol–water partition coefficient (Wildman–Crippen LogP) is 4.34. The standard InChI is InChI=1S/C5HF11.HI/c6-1(7)2(8,9)3(10,11)4(12,13)5(14,15)16;/h1H;1H. The molecule has 17 heavy (non-hydrogen) atoms. The number of halogens is 12. The van der Waals surface area contributed by atoms with Crippen molar-refractivity contribution >= 4 is 24.0 Å². The summed E-state index contributed by atoms with van der Waals surface area (Å²) in [4.78, 5) is 0. The second-order valence-electron chi connectivity index (χ2n) is 2.57. The van der Waals surface area contributed by atoms with Gasteiger partial charge in [0.25, 0.3) is 0 Å². The fourth-order valence-corrected chi connectivity index (χ4v) is 0.524. The molecule has 0 saturated carbocycles. The maximum absolute atomic E-state index is 12.0. The first-order valence-corrected chi connectivity index (χ1v) is 3.18. The molecule has 0 N–H and O–H groups in total. The second-order valence-corrected chi connectivity index (χ2v) is 2.57. The van der Waals surface area contributed by atoms with E-state index in [0.29, 0.717) is 0 Å². The van der Waals surface area contributed by atoms with Crippen LogP contribution in [0.15, 0.2) is 0 Å². The lowest BCUT2D eigenvalue weighted by atomic mass is 10.0. The third-order valence-electron chi connectivity index (χ3n) is 1.44. The van der Waals surface area contributed by atoms with E-state index < -0.39 is 30.4 Å². The maximum Gasteiger partial charge on any atom is 0.460 e. The van der Waals surface area contributed by atoms with Gasteiger partial charge in [0, 0.05) is 0 Å². The minimum Gasteiger partial charge on any atom is -0.203 e. The molecule has 0 aromatic heterocycles. The minimum absolute atomic E-state index is 0. The Bertz CT molecular complexity index is 253. The van der Waals surface area contributed by atoms with Gasteiger partial charge in [-0.2, -0.15) is 39.5 Å². The highest BCUT2D eigenvalue weighted by Gasteiger charge is 2.83. The fourth-order valence-electron chi connectivity index (χ4n) is 0.524. The molecule has 0 radical (unpaired) electrons. The highest BCUT2D eigenvalue weighted by atomic mass is 127. The van der Waals surface area contributed by atoms with Crippen LogP contribution in [-0.4, -0.2) is 30.4 Å². The van der Waals surface area contributed by atoms with Gasteiger partial charge >= 0.3 is 30.4 Å². The third-order valence-corrected chi connectivity index (χ3v) is 1.44. The van der Waals surface area contributed by atoms with Gasteiger partial charge in [-0.05, 0) is 0 Å². The zero-order valence-electron chi connectivity index (χ0n) is 7.14. The Morgan fingerprint density at radius 2 is 0.882 bits per heavy atom. The van der Waals surface area contributed by atoms with Gasteiger partial charge in [0.2, 0.25) is 0 Å². The van der Waals surface area contributed by atoms with Crippen molar-refractivity contribution in [3.63, 3.8) is 0 Å². The Balaban J connectivity index is 0. The van der Waals surface area contributed by atoms with E-state index in [-0.39, 0.29) is 24.0 Å². The van der Waals surface area contributed by atoms with Crippen LogP contribution in [0.4, 0.5) is 48.3 Å². The lowest BCUT2D eigenvalue weighted by Gasteiger charge is -2.32. The van der Waals surface area contributed by atoms with Crippen molar-refractivity contribution in [1.29, 1.82) is 0 Å². The molecule has 0 rings (SSSR count). The molecule has 0 spiro atoms. The summed E-state index contributed by atoms with van der Waals surface area (Å²) in [5, 5.41) is 0. The van der Waals surface area contributed by atoms with Gasteiger partial charge in [0.1, 0.15) is 0 Å². The van der Waals surface area contributed by atoms with E-state index in [0.717, 1.165) is 0 Å². The molecule has 0 aromatic carbocycles. The van der Waals surface area contributed by atoms with E-state index in [9.17, 15) is 48.3 Å². The van der Waals surface area contributed by atoms with Gasteiger partial charge in [0.15, 0.2) is 0 Å². The summed E-state index contributed by atoms with van der Waals surface area (Å²) in [6, 6.07) is 0. The Morgan fingerprint density at radius 3 is 1.06 bits per heavy atom. The SMILES string of the molecule is FC(F)C(F)(F)C(F)(F)C(F)(F)C(F)(F)F.I. The van der Waals surface area contributed by atoms with E-state index in [2.05, 4.69) is 0 Å². The molecular weight excluding hydrogens is 396 g/mol. The zero-order valence-corrected chi connectivity index (χ0v) is 9.47. The molecule has 0 nitrogen and oxygen atoms in total. The topological polar surface area (TPSA) is 0 Å². The minimum atomic E-state index is -7.26. The van der Waals surface area contributed by atoms with Gasteiger partial charge in [0.05, 0.1) is 0 Å². The number of hydrogen-bond donors (Lipinski definition) is 0.